The van der Waals surface area contributed by atoms with Gasteiger partial charge in [-0.2, -0.15) is 0 Å². The second kappa shape index (κ2) is 7.56. The van der Waals surface area contributed by atoms with E-state index in [1.165, 1.54) is 30.5 Å². The monoisotopic (exact) mass is 329 g/mol. The number of nitrogens with two attached hydrogens (primary N) is 1. The summed E-state index contributed by atoms with van der Waals surface area (Å²) in [5.41, 5.74) is 8.73. The van der Waals surface area contributed by atoms with E-state index in [0.717, 1.165) is 39.0 Å². The van der Waals surface area contributed by atoms with Crippen LogP contribution in [0.1, 0.15) is 44.1 Å². The Kier molecular flexibility index (Phi) is 5.44. The average molecular weight is 329 g/mol. The minimum atomic E-state index is 0.0719. The maximum atomic E-state index is 12.8. The van der Waals surface area contributed by atoms with Gasteiger partial charge in [-0.25, -0.2) is 0 Å². The molecule has 1 heterocycles. The summed E-state index contributed by atoms with van der Waals surface area (Å²) in [7, 11) is 0. The molecule has 1 aromatic rings. The molecule has 3 rings (SSSR count). The quantitative estimate of drug-likeness (QED) is 0.924. The van der Waals surface area contributed by atoms with E-state index in [1.54, 1.807) is 0 Å². The van der Waals surface area contributed by atoms with E-state index in [2.05, 4.69) is 41.0 Å². The van der Waals surface area contributed by atoms with Crippen molar-refractivity contribution in [3.63, 3.8) is 0 Å². The lowest BCUT2D eigenvalue weighted by atomic mass is 9.71. The minimum Gasteiger partial charge on any atom is -0.368 e. The first-order chi connectivity index (χ1) is 11.6. The van der Waals surface area contributed by atoms with Gasteiger partial charge in [0, 0.05) is 38.3 Å². The summed E-state index contributed by atoms with van der Waals surface area (Å²) in [5.74, 6) is 0.312. The van der Waals surface area contributed by atoms with Gasteiger partial charge in [-0.1, -0.05) is 37.5 Å². The number of rotatable bonds is 4. The number of nitrogens with zero attached hydrogens (tertiary/aromatic N) is 2. The Morgan fingerprint density at radius 3 is 2.38 bits per heavy atom. The number of carbonyl (C=O) groups is 1. The second-order valence-electron chi connectivity index (χ2n) is 7.60. The summed E-state index contributed by atoms with van der Waals surface area (Å²) >= 11 is 0. The number of anilines is 1. The van der Waals surface area contributed by atoms with Gasteiger partial charge in [-0.05, 0) is 43.4 Å². The summed E-state index contributed by atoms with van der Waals surface area (Å²) in [5, 5.41) is 0. The third-order valence-electron chi connectivity index (χ3n) is 5.96. The molecule has 0 bridgehead atoms. The van der Waals surface area contributed by atoms with Gasteiger partial charge < -0.3 is 15.5 Å². The van der Waals surface area contributed by atoms with E-state index in [4.69, 9.17) is 5.73 Å². The molecule has 4 nitrogen and oxygen atoms in total. The molecule has 4 heteroatoms. The smallest absolute Gasteiger partial charge is 0.223 e. The van der Waals surface area contributed by atoms with Crippen LogP contribution in [-0.2, 0) is 4.79 Å². The van der Waals surface area contributed by atoms with E-state index < -0.39 is 0 Å². The topological polar surface area (TPSA) is 49.6 Å². The van der Waals surface area contributed by atoms with Crippen LogP contribution < -0.4 is 10.6 Å². The van der Waals surface area contributed by atoms with Crippen molar-refractivity contribution in [1.29, 1.82) is 0 Å². The number of aryl methyl sites for hydroxylation is 1. The zero-order valence-electron chi connectivity index (χ0n) is 15.0. The zero-order valence-corrected chi connectivity index (χ0v) is 15.0. The SMILES string of the molecule is Cc1ccccc1N1CCN(C(=O)CC2(CN)CCCCC2)CC1. The van der Waals surface area contributed by atoms with Crippen LogP contribution in [0, 0.1) is 12.3 Å². The lowest BCUT2D eigenvalue weighted by molar-refractivity contribution is -0.134. The maximum Gasteiger partial charge on any atom is 0.223 e. The van der Waals surface area contributed by atoms with Crippen molar-refractivity contribution in [2.24, 2.45) is 11.1 Å². The highest BCUT2D eigenvalue weighted by molar-refractivity contribution is 5.77. The Morgan fingerprint density at radius 1 is 1.08 bits per heavy atom. The fourth-order valence-electron chi connectivity index (χ4n) is 4.30. The molecular weight excluding hydrogens is 298 g/mol. The van der Waals surface area contributed by atoms with Gasteiger partial charge in [0.15, 0.2) is 0 Å². The van der Waals surface area contributed by atoms with Crippen LogP contribution in [0.4, 0.5) is 5.69 Å². The standard InChI is InChI=1S/C20H31N3O/c1-17-7-3-4-8-18(17)22-11-13-23(14-12-22)19(24)15-20(16-21)9-5-2-6-10-20/h3-4,7-8H,2,5-6,9-16,21H2,1H3. The van der Waals surface area contributed by atoms with Crippen LogP contribution in [0.2, 0.25) is 0 Å². The van der Waals surface area contributed by atoms with Crippen molar-refractivity contribution >= 4 is 11.6 Å². The number of hydrogen-bond acceptors (Lipinski definition) is 3. The molecule has 2 N–H and O–H groups in total. The largest absolute Gasteiger partial charge is 0.368 e. The molecular formula is C20H31N3O. The van der Waals surface area contributed by atoms with Crippen LogP contribution in [0.15, 0.2) is 24.3 Å². The molecule has 0 spiro atoms. The number of carbonyl (C=O) groups excluding carboxylic acids is 1. The van der Waals surface area contributed by atoms with Gasteiger partial charge in [0.1, 0.15) is 0 Å². The van der Waals surface area contributed by atoms with Gasteiger partial charge in [-0.15, -0.1) is 0 Å². The number of benzene rings is 1. The maximum absolute atomic E-state index is 12.8. The van der Waals surface area contributed by atoms with Crippen molar-refractivity contribution in [1.82, 2.24) is 4.90 Å². The first-order valence-corrected chi connectivity index (χ1v) is 9.42. The molecule has 0 aromatic heterocycles. The Bertz CT molecular complexity index is 558. The molecule has 0 atom stereocenters. The van der Waals surface area contributed by atoms with Gasteiger partial charge in [0.25, 0.3) is 0 Å². The first kappa shape index (κ1) is 17.3. The van der Waals surface area contributed by atoms with Crippen molar-refractivity contribution < 1.29 is 4.79 Å². The molecule has 1 aliphatic heterocycles. The van der Waals surface area contributed by atoms with E-state index in [9.17, 15) is 4.79 Å². The van der Waals surface area contributed by atoms with Gasteiger partial charge in [-0.3, -0.25) is 4.79 Å². The van der Waals surface area contributed by atoms with Crippen LogP contribution in [-0.4, -0.2) is 43.5 Å². The minimum absolute atomic E-state index is 0.0719. The zero-order chi connectivity index (χ0) is 17.0. The van der Waals surface area contributed by atoms with Crippen molar-refractivity contribution in [3.05, 3.63) is 29.8 Å². The Balaban J connectivity index is 1.56. The summed E-state index contributed by atoms with van der Waals surface area (Å²) in [4.78, 5) is 17.2. The van der Waals surface area contributed by atoms with Gasteiger partial charge >= 0.3 is 0 Å². The van der Waals surface area contributed by atoms with Crippen molar-refractivity contribution in [2.45, 2.75) is 45.4 Å². The molecule has 1 aromatic carbocycles. The molecule has 24 heavy (non-hydrogen) atoms. The summed E-state index contributed by atoms with van der Waals surface area (Å²) in [6.45, 7) is 6.31. The molecule has 2 fully saturated rings. The fraction of sp³-hybridized carbons (Fsp3) is 0.650. The highest BCUT2D eigenvalue weighted by Crippen LogP contribution is 2.38. The molecule has 2 aliphatic rings. The number of para-hydroxylation sites is 1. The van der Waals surface area contributed by atoms with E-state index >= 15 is 0 Å². The highest BCUT2D eigenvalue weighted by Gasteiger charge is 2.35. The molecule has 132 valence electrons. The normalized spacial score (nSPS) is 20.9. The number of piperazine rings is 1. The molecule has 1 aliphatic carbocycles. The molecule has 0 radical (unpaired) electrons. The van der Waals surface area contributed by atoms with E-state index in [-0.39, 0.29) is 5.41 Å². The van der Waals surface area contributed by atoms with Crippen LogP contribution in [0.25, 0.3) is 0 Å². The number of amides is 1. The van der Waals surface area contributed by atoms with Gasteiger partial charge in [0.2, 0.25) is 5.91 Å². The summed E-state index contributed by atoms with van der Waals surface area (Å²) < 4.78 is 0. The number of hydrogen-bond donors (Lipinski definition) is 1. The predicted octanol–water partition coefficient (Wildman–Crippen LogP) is 2.94. The third-order valence-corrected chi connectivity index (χ3v) is 5.96. The van der Waals surface area contributed by atoms with E-state index in [1.807, 2.05) is 0 Å². The van der Waals surface area contributed by atoms with E-state index in [0.29, 0.717) is 18.9 Å². The van der Waals surface area contributed by atoms with Gasteiger partial charge in [0.05, 0.1) is 0 Å². The van der Waals surface area contributed by atoms with Crippen molar-refractivity contribution in [2.75, 3.05) is 37.6 Å². The van der Waals surface area contributed by atoms with Crippen LogP contribution in [0.5, 0.6) is 0 Å². The molecule has 1 saturated carbocycles. The Morgan fingerprint density at radius 2 is 1.75 bits per heavy atom. The summed E-state index contributed by atoms with van der Waals surface area (Å²) in [6, 6.07) is 8.50. The summed E-state index contributed by atoms with van der Waals surface area (Å²) in [6.07, 6.45) is 6.65. The first-order valence-electron chi connectivity index (χ1n) is 9.42. The Labute approximate surface area is 146 Å². The molecule has 1 saturated heterocycles. The molecule has 0 unspecified atom stereocenters. The van der Waals surface area contributed by atoms with Crippen LogP contribution in [0.3, 0.4) is 0 Å². The lowest BCUT2D eigenvalue weighted by Crippen LogP contribution is -2.50. The molecule has 1 amide bonds. The predicted molar refractivity (Wildman–Crippen MR) is 99.2 cm³/mol. The third kappa shape index (κ3) is 3.75. The highest BCUT2D eigenvalue weighted by atomic mass is 16.2. The second-order valence-corrected chi connectivity index (χ2v) is 7.60. The lowest BCUT2D eigenvalue weighted by Gasteiger charge is -2.40. The fourth-order valence-corrected chi connectivity index (χ4v) is 4.30. The average Bonchev–Trinajstić information content (AvgIpc) is 2.63. The Hall–Kier alpha value is -1.55. The van der Waals surface area contributed by atoms with Crippen molar-refractivity contribution in [3.8, 4) is 0 Å². The van der Waals surface area contributed by atoms with Crippen LogP contribution >= 0.6 is 0 Å².